The molecule has 1 aromatic carbocycles. The Morgan fingerprint density at radius 1 is 1.23 bits per heavy atom. The zero-order valence-electron chi connectivity index (χ0n) is 15.1. The van der Waals surface area contributed by atoms with Crippen molar-refractivity contribution in [3.8, 4) is 6.07 Å². The van der Waals surface area contributed by atoms with Crippen LogP contribution in [0.5, 0.6) is 0 Å². The van der Waals surface area contributed by atoms with Crippen molar-refractivity contribution in [3.05, 3.63) is 35.1 Å². The van der Waals surface area contributed by atoms with Crippen LogP contribution in [0.25, 0.3) is 0 Å². The third kappa shape index (κ3) is 5.43. The summed E-state index contributed by atoms with van der Waals surface area (Å²) in [5.41, 5.74) is -0.580. The number of carbonyl (C=O) groups is 2. The highest BCUT2D eigenvalue weighted by molar-refractivity contribution is 5.92. The molecule has 140 valence electrons. The van der Waals surface area contributed by atoms with Crippen molar-refractivity contribution in [2.24, 2.45) is 0 Å². The monoisotopic (exact) mass is 363 g/mol. The first-order valence-corrected chi connectivity index (χ1v) is 8.26. The fourth-order valence-corrected chi connectivity index (χ4v) is 2.40. The van der Waals surface area contributed by atoms with E-state index >= 15 is 0 Å². The average molecular weight is 363 g/mol. The Balaban J connectivity index is 1.83. The molecular formula is C18H22FN3O4. The first-order valence-electron chi connectivity index (χ1n) is 8.26. The van der Waals surface area contributed by atoms with Crippen LogP contribution >= 0.6 is 0 Å². The molecule has 8 heteroatoms. The second kappa shape index (κ2) is 8.15. The molecule has 0 radical (unpaired) electrons. The molecule has 1 aliphatic heterocycles. The number of benzene rings is 1. The maximum Gasteiger partial charge on any atom is 0.410 e. The van der Waals surface area contributed by atoms with E-state index in [9.17, 15) is 14.0 Å². The first kappa shape index (κ1) is 19.7. The lowest BCUT2D eigenvalue weighted by Crippen LogP contribution is -2.50. The average Bonchev–Trinajstić information content (AvgIpc) is 2.58. The van der Waals surface area contributed by atoms with Crippen molar-refractivity contribution >= 4 is 12.1 Å². The molecule has 1 fully saturated rings. The Hall–Kier alpha value is -2.66. The van der Waals surface area contributed by atoms with E-state index in [-0.39, 0.29) is 24.0 Å². The van der Waals surface area contributed by atoms with Gasteiger partial charge in [0, 0.05) is 26.2 Å². The number of esters is 1. The lowest BCUT2D eigenvalue weighted by molar-refractivity contribution is -0.00757. The lowest BCUT2D eigenvalue weighted by Gasteiger charge is -2.35. The molecule has 1 amide bonds. The minimum atomic E-state index is -0.684. The zero-order valence-corrected chi connectivity index (χ0v) is 15.1. The van der Waals surface area contributed by atoms with Gasteiger partial charge < -0.3 is 14.4 Å². The van der Waals surface area contributed by atoms with Gasteiger partial charge in [0.15, 0.2) is 0 Å². The highest BCUT2D eigenvalue weighted by Gasteiger charge is 2.26. The second-order valence-electron chi connectivity index (χ2n) is 6.95. The predicted molar refractivity (Wildman–Crippen MR) is 90.8 cm³/mol. The van der Waals surface area contributed by atoms with Gasteiger partial charge in [-0.15, -0.1) is 0 Å². The number of halogens is 1. The van der Waals surface area contributed by atoms with E-state index in [0.29, 0.717) is 26.2 Å². The molecule has 1 saturated heterocycles. The molecule has 0 saturated carbocycles. The lowest BCUT2D eigenvalue weighted by atomic mass is 10.1. The fourth-order valence-electron chi connectivity index (χ4n) is 2.40. The minimum absolute atomic E-state index is 0.0290. The maximum atomic E-state index is 13.1. The van der Waals surface area contributed by atoms with Crippen LogP contribution < -0.4 is 0 Å². The molecule has 1 heterocycles. The number of carbonyl (C=O) groups excluding carboxylic acids is 2. The number of nitriles is 1. The quantitative estimate of drug-likeness (QED) is 0.767. The van der Waals surface area contributed by atoms with Crippen molar-refractivity contribution in [2.45, 2.75) is 26.4 Å². The summed E-state index contributed by atoms with van der Waals surface area (Å²) in [5.74, 6) is -1.27. The van der Waals surface area contributed by atoms with Crippen molar-refractivity contribution in [1.29, 1.82) is 5.26 Å². The molecule has 1 aromatic rings. The van der Waals surface area contributed by atoms with Crippen LogP contribution in [0.15, 0.2) is 18.2 Å². The largest absolute Gasteiger partial charge is 0.446 e. The van der Waals surface area contributed by atoms with Crippen molar-refractivity contribution in [3.63, 3.8) is 0 Å². The third-order valence-corrected chi connectivity index (χ3v) is 3.72. The molecule has 26 heavy (non-hydrogen) atoms. The molecule has 7 nitrogen and oxygen atoms in total. The zero-order chi connectivity index (χ0) is 19.3. The van der Waals surface area contributed by atoms with Crippen LogP contribution in [-0.2, 0) is 9.47 Å². The number of hydrogen-bond donors (Lipinski definition) is 0. The number of piperazine rings is 1. The molecule has 0 N–H and O–H groups in total. The van der Waals surface area contributed by atoms with Gasteiger partial charge in [0.2, 0.25) is 0 Å². The second-order valence-corrected chi connectivity index (χ2v) is 6.95. The van der Waals surface area contributed by atoms with Crippen molar-refractivity contribution in [1.82, 2.24) is 9.80 Å². The summed E-state index contributed by atoms with van der Waals surface area (Å²) in [5, 5.41) is 8.99. The van der Waals surface area contributed by atoms with Gasteiger partial charge in [-0.05, 0) is 39.0 Å². The molecule has 0 bridgehead atoms. The molecule has 0 unspecified atom stereocenters. The number of amides is 1. The highest BCUT2D eigenvalue weighted by atomic mass is 19.1. The van der Waals surface area contributed by atoms with Gasteiger partial charge >= 0.3 is 12.1 Å². The Morgan fingerprint density at radius 3 is 2.46 bits per heavy atom. The molecule has 0 aromatic heterocycles. The Morgan fingerprint density at radius 2 is 1.88 bits per heavy atom. The van der Waals surface area contributed by atoms with E-state index in [2.05, 4.69) is 0 Å². The van der Waals surface area contributed by atoms with E-state index in [1.807, 2.05) is 25.7 Å². The molecular weight excluding hydrogens is 341 g/mol. The van der Waals surface area contributed by atoms with Gasteiger partial charge in [-0.25, -0.2) is 14.0 Å². The topological polar surface area (TPSA) is 82.9 Å². The summed E-state index contributed by atoms with van der Waals surface area (Å²) >= 11 is 0. The summed E-state index contributed by atoms with van der Waals surface area (Å²) in [7, 11) is 0. The van der Waals surface area contributed by atoms with Gasteiger partial charge in [0.1, 0.15) is 24.2 Å². The minimum Gasteiger partial charge on any atom is -0.446 e. The summed E-state index contributed by atoms with van der Waals surface area (Å²) in [6, 6.07) is 5.12. The smallest absolute Gasteiger partial charge is 0.410 e. The molecule has 0 atom stereocenters. The van der Waals surface area contributed by atoms with Crippen LogP contribution in [0, 0.1) is 17.1 Å². The van der Waals surface area contributed by atoms with Crippen LogP contribution in [0.1, 0.15) is 36.7 Å². The van der Waals surface area contributed by atoms with Gasteiger partial charge in [-0.1, -0.05) is 0 Å². The summed E-state index contributed by atoms with van der Waals surface area (Å²) in [4.78, 5) is 27.6. The number of rotatable bonds is 3. The highest BCUT2D eigenvalue weighted by Crippen LogP contribution is 2.14. The van der Waals surface area contributed by atoms with Crippen molar-refractivity contribution in [2.75, 3.05) is 32.9 Å². The van der Waals surface area contributed by atoms with E-state index in [0.717, 1.165) is 12.1 Å². The first-order chi connectivity index (χ1) is 12.2. The normalized spacial score (nSPS) is 15.3. The van der Waals surface area contributed by atoms with E-state index in [1.54, 1.807) is 11.0 Å². The van der Waals surface area contributed by atoms with Crippen LogP contribution in [-0.4, -0.2) is 60.4 Å². The molecule has 0 spiro atoms. The Labute approximate surface area is 151 Å². The summed E-state index contributed by atoms with van der Waals surface area (Å²) in [6.07, 6.45) is -0.362. The summed E-state index contributed by atoms with van der Waals surface area (Å²) in [6.45, 7) is 7.45. The van der Waals surface area contributed by atoms with Gasteiger partial charge in [-0.3, -0.25) is 4.90 Å². The molecule has 2 rings (SSSR count). The number of hydrogen-bond acceptors (Lipinski definition) is 6. The Bertz CT molecular complexity index is 716. The third-order valence-electron chi connectivity index (χ3n) is 3.72. The van der Waals surface area contributed by atoms with Crippen LogP contribution in [0.3, 0.4) is 0 Å². The summed E-state index contributed by atoms with van der Waals surface area (Å²) < 4.78 is 23.7. The Kier molecular flexibility index (Phi) is 6.16. The fraction of sp³-hybridized carbons (Fsp3) is 0.500. The predicted octanol–water partition coefficient (Wildman–Crippen LogP) is 2.36. The van der Waals surface area contributed by atoms with Gasteiger partial charge in [0.05, 0.1) is 11.1 Å². The van der Waals surface area contributed by atoms with Gasteiger partial charge in [-0.2, -0.15) is 5.26 Å². The SMILES string of the molecule is CC(C)(C)OC(=O)N1CCN(COC(=O)c2ccc(F)cc2C#N)CC1. The van der Waals surface area contributed by atoms with E-state index < -0.39 is 17.4 Å². The van der Waals surface area contributed by atoms with Crippen LogP contribution in [0.2, 0.25) is 0 Å². The van der Waals surface area contributed by atoms with E-state index in [1.165, 1.54) is 6.07 Å². The van der Waals surface area contributed by atoms with E-state index in [4.69, 9.17) is 14.7 Å². The molecule has 0 aliphatic carbocycles. The number of ether oxygens (including phenoxy) is 2. The number of nitrogens with zero attached hydrogens (tertiary/aromatic N) is 3. The molecule has 1 aliphatic rings. The van der Waals surface area contributed by atoms with Crippen molar-refractivity contribution < 1.29 is 23.5 Å². The van der Waals surface area contributed by atoms with Gasteiger partial charge in [0.25, 0.3) is 0 Å². The maximum absolute atomic E-state index is 13.1. The standard InChI is InChI=1S/C18H22FN3O4/c1-18(2,3)26-17(24)22-8-6-21(7-9-22)12-25-16(23)15-5-4-14(19)10-13(15)11-20/h4-5,10H,6-9,12H2,1-3H3. The van der Waals surface area contributed by atoms with Crippen LogP contribution in [0.4, 0.5) is 9.18 Å².